The molecule has 3 N–H and O–H groups in total. The van der Waals surface area contributed by atoms with Crippen molar-refractivity contribution < 1.29 is 5.11 Å². The predicted molar refractivity (Wildman–Crippen MR) is 76.0 cm³/mol. The largest absolute Gasteiger partial charge is 0.391 e. The van der Waals surface area contributed by atoms with Crippen LogP contribution in [0.1, 0.15) is 25.3 Å². The van der Waals surface area contributed by atoms with E-state index in [0.29, 0.717) is 10.8 Å². The number of anilines is 1. The van der Waals surface area contributed by atoms with Gasteiger partial charge in [-0.15, -0.1) is 0 Å². The van der Waals surface area contributed by atoms with Gasteiger partial charge in [0, 0.05) is 11.6 Å². The fourth-order valence-corrected chi connectivity index (χ4v) is 2.91. The summed E-state index contributed by atoms with van der Waals surface area (Å²) in [4.78, 5) is 0. The molecule has 0 bridgehead atoms. The number of aliphatic hydroxyl groups excluding tert-OH is 1. The highest BCUT2D eigenvalue weighted by Crippen LogP contribution is 2.34. The average molecular weight is 278 g/mol. The number of hydrogen-bond acceptors (Lipinski definition) is 3. The molecule has 2 unspecified atom stereocenters. The molecular formula is C14H16ClN3O. The maximum atomic E-state index is 9.96. The fraction of sp³-hybridized carbons (Fsp3) is 0.357. The van der Waals surface area contributed by atoms with Crippen LogP contribution in [-0.2, 0) is 0 Å². The van der Waals surface area contributed by atoms with Crippen molar-refractivity contribution in [2.45, 2.75) is 31.4 Å². The molecule has 0 spiro atoms. The normalized spacial score (nSPS) is 22.8. The standard InChI is InChI=1S/C14H16ClN3O/c15-10-5-2-1-4-9(10)11-8-14(16)18(17-11)12-6-3-7-13(12)19/h1-2,4-5,8,12-13,19H,3,6-7,16H2. The lowest BCUT2D eigenvalue weighted by Crippen LogP contribution is -2.20. The highest BCUT2D eigenvalue weighted by molar-refractivity contribution is 6.33. The van der Waals surface area contributed by atoms with Gasteiger partial charge in [0.25, 0.3) is 0 Å². The van der Waals surface area contributed by atoms with Gasteiger partial charge in [-0.3, -0.25) is 0 Å². The minimum absolute atomic E-state index is 0.0174. The lowest BCUT2D eigenvalue weighted by atomic mass is 10.1. The van der Waals surface area contributed by atoms with Crippen molar-refractivity contribution in [2.24, 2.45) is 0 Å². The van der Waals surface area contributed by atoms with Gasteiger partial charge in [-0.2, -0.15) is 5.10 Å². The molecule has 100 valence electrons. The van der Waals surface area contributed by atoms with Crippen LogP contribution in [0.25, 0.3) is 11.3 Å². The second kappa shape index (κ2) is 4.87. The summed E-state index contributed by atoms with van der Waals surface area (Å²) in [6.07, 6.45) is 2.37. The van der Waals surface area contributed by atoms with E-state index < -0.39 is 0 Å². The van der Waals surface area contributed by atoms with E-state index in [1.807, 2.05) is 30.3 Å². The van der Waals surface area contributed by atoms with E-state index in [1.54, 1.807) is 4.68 Å². The lowest BCUT2D eigenvalue weighted by molar-refractivity contribution is 0.131. The number of hydrogen-bond donors (Lipinski definition) is 2. The van der Waals surface area contributed by atoms with E-state index in [1.165, 1.54) is 0 Å². The Balaban J connectivity index is 2.00. The molecule has 0 saturated heterocycles. The molecule has 2 aromatic rings. The number of nitrogen functional groups attached to an aromatic ring is 1. The SMILES string of the molecule is Nc1cc(-c2ccccc2Cl)nn1C1CCCC1O. The molecule has 1 aromatic heterocycles. The van der Waals surface area contributed by atoms with E-state index in [-0.39, 0.29) is 12.1 Å². The van der Waals surface area contributed by atoms with Crippen LogP contribution in [0.5, 0.6) is 0 Å². The third-order valence-corrected chi connectivity index (χ3v) is 4.00. The molecule has 5 heteroatoms. The molecule has 4 nitrogen and oxygen atoms in total. The van der Waals surface area contributed by atoms with E-state index in [2.05, 4.69) is 5.10 Å². The maximum Gasteiger partial charge on any atom is 0.122 e. The van der Waals surface area contributed by atoms with Gasteiger partial charge in [-0.1, -0.05) is 29.8 Å². The molecular weight excluding hydrogens is 262 g/mol. The summed E-state index contributed by atoms with van der Waals surface area (Å²) in [5, 5.41) is 15.1. The van der Waals surface area contributed by atoms with Crippen LogP contribution in [0.15, 0.2) is 30.3 Å². The van der Waals surface area contributed by atoms with Gasteiger partial charge < -0.3 is 10.8 Å². The Hall–Kier alpha value is -1.52. The Bertz CT molecular complexity index is 596. The third-order valence-electron chi connectivity index (χ3n) is 3.67. The van der Waals surface area contributed by atoms with Gasteiger partial charge in [-0.25, -0.2) is 4.68 Å². The smallest absolute Gasteiger partial charge is 0.122 e. The molecule has 1 aliphatic carbocycles. The summed E-state index contributed by atoms with van der Waals surface area (Å²) in [5.74, 6) is 0.570. The molecule has 2 atom stereocenters. The van der Waals surface area contributed by atoms with E-state index in [4.69, 9.17) is 17.3 Å². The van der Waals surface area contributed by atoms with E-state index in [9.17, 15) is 5.11 Å². The summed E-state index contributed by atoms with van der Waals surface area (Å²) < 4.78 is 1.73. The van der Waals surface area contributed by atoms with Crippen LogP contribution < -0.4 is 5.73 Å². The molecule has 19 heavy (non-hydrogen) atoms. The molecule has 3 rings (SSSR count). The Morgan fingerprint density at radius 3 is 2.79 bits per heavy atom. The third kappa shape index (κ3) is 2.22. The monoisotopic (exact) mass is 277 g/mol. The number of benzene rings is 1. The van der Waals surface area contributed by atoms with Gasteiger partial charge in [0.05, 0.1) is 22.9 Å². The van der Waals surface area contributed by atoms with Gasteiger partial charge in [0.1, 0.15) is 5.82 Å². The van der Waals surface area contributed by atoms with Crippen LogP contribution in [0.4, 0.5) is 5.82 Å². The molecule has 0 radical (unpaired) electrons. The Morgan fingerprint density at radius 1 is 1.32 bits per heavy atom. The van der Waals surface area contributed by atoms with Gasteiger partial charge >= 0.3 is 0 Å². The van der Waals surface area contributed by atoms with E-state index >= 15 is 0 Å². The summed E-state index contributed by atoms with van der Waals surface area (Å²) in [7, 11) is 0. The Kier molecular flexibility index (Phi) is 3.21. The van der Waals surface area contributed by atoms with Crippen molar-refractivity contribution in [1.29, 1.82) is 0 Å². The number of halogens is 1. The van der Waals surface area contributed by atoms with Crippen molar-refractivity contribution in [3.05, 3.63) is 35.4 Å². The quantitative estimate of drug-likeness (QED) is 0.887. The number of nitrogens with zero attached hydrogens (tertiary/aromatic N) is 2. The fourth-order valence-electron chi connectivity index (χ4n) is 2.68. The molecule has 1 saturated carbocycles. The zero-order valence-electron chi connectivity index (χ0n) is 10.5. The molecule has 1 fully saturated rings. The van der Waals surface area contributed by atoms with Crippen molar-refractivity contribution in [2.75, 3.05) is 5.73 Å². The summed E-state index contributed by atoms with van der Waals surface area (Å²) in [5.41, 5.74) is 7.63. The van der Waals surface area contributed by atoms with Crippen molar-refractivity contribution in [3.8, 4) is 11.3 Å². The average Bonchev–Trinajstić information content (AvgIpc) is 2.96. The lowest BCUT2D eigenvalue weighted by Gasteiger charge is -2.16. The summed E-state index contributed by atoms with van der Waals surface area (Å²) in [6, 6.07) is 9.34. The van der Waals surface area contributed by atoms with Crippen LogP contribution in [0, 0.1) is 0 Å². The number of rotatable bonds is 2. The molecule has 1 aromatic carbocycles. The highest BCUT2D eigenvalue weighted by atomic mass is 35.5. The maximum absolute atomic E-state index is 9.96. The minimum atomic E-state index is -0.360. The molecule has 1 aliphatic rings. The number of aliphatic hydroxyl groups is 1. The topological polar surface area (TPSA) is 64.1 Å². The van der Waals surface area contributed by atoms with Gasteiger partial charge in [-0.05, 0) is 25.3 Å². The van der Waals surface area contributed by atoms with Crippen molar-refractivity contribution in [1.82, 2.24) is 9.78 Å². The van der Waals surface area contributed by atoms with Crippen LogP contribution >= 0.6 is 11.6 Å². The second-order valence-electron chi connectivity index (χ2n) is 4.94. The van der Waals surface area contributed by atoms with Crippen molar-refractivity contribution in [3.63, 3.8) is 0 Å². The predicted octanol–water partition coefficient (Wildman–Crippen LogP) is 2.87. The van der Waals surface area contributed by atoms with Gasteiger partial charge in [0.15, 0.2) is 0 Å². The highest BCUT2D eigenvalue weighted by Gasteiger charge is 2.29. The van der Waals surface area contributed by atoms with Crippen LogP contribution in [-0.4, -0.2) is 21.0 Å². The molecule has 0 aliphatic heterocycles. The first-order chi connectivity index (χ1) is 9.16. The van der Waals surface area contributed by atoms with Gasteiger partial charge in [0.2, 0.25) is 0 Å². The van der Waals surface area contributed by atoms with E-state index in [0.717, 1.165) is 30.5 Å². The zero-order chi connectivity index (χ0) is 13.4. The first-order valence-electron chi connectivity index (χ1n) is 6.45. The molecule has 0 amide bonds. The summed E-state index contributed by atoms with van der Waals surface area (Å²) in [6.45, 7) is 0. The van der Waals surface area contributed by atoms with Crippen LogP contribution in [0.2, 0.25) is 5.02 Å². The number of aromatic nitrogens is 2. The zero-order valence-corrected chi connectivity index (χ0v) is 11.2. The second-order valence-corrected chi connectivity index (χ2v) is 5.35. The van der Waals surface area contributed by atoms with Crippen molar-refractivity contribution >= 4 is 17.4 Å². The van der Waals surface area contributed by atoms with Crippen LogP contribution in [0.3, 0.4) is 0 Å². The Morgan fingerprint density at radius 2 is 2.11 bits per heavy atom. The first kappa shape index (κ1) is 12.5. The molecule has 1 heterocycles. The Labute approximate surface area is 116 Å². The summed E-state index contributed by atoms with van der Waals surface area (Å²) >= 11 is 6.17. The first-order valence-corrected chi connectivity index (χ1v) is 6.82. The minimum Gasteiger partial charge on any atom is -0.391 e. The number of nitrogens with two attached hydrogens (primary N) is 1.